The largest absolute Gasteiger partial charge is 0.508 e. The number of hydrogen-bond acceptors (Lipinski definition) is 5. The van der Waals surface area contributed by atoms with E-state index in [2.05, 4.69) is 4.98 Å². The highest BCUT2D eigenvalue weighted by molar-refractivity contribution is 7.09. The van der Waals surface area contributed by atoms with Crippen molar-refractivity contribution in [2.45, 2.75) is 20.3 Å². The smallest absolute Gasteiger partial charge is 0.277 e. The van der Waals surface area contributed by atoms with Gasteiger partial charge in [0.05, 0.1) is 10.7 Å². The molecule has 0 spiro atoms. The number of thiazole rings is 1. The molecule has 0 saturated heterocycles. The number of hydrogen-bond donors (Lipinski definition) is 2. The van der Waals surface area contributed by atoms with Crippen molar-refractivity contribution in [1.29, 1.82) is 0 Å². The average Bonchev–Trinajstić information content (AvgIpc) is 2.92. The molecule has 1 aromatic heterocycles. The van der Waals surface area contributed by atoms with Gasteiger partial charge in [0.1, 0.15) is 11.4 Å². The molecule has 0 atom stereocenters. The summed E-state index contributed by atoms with van der Waals surface area (Å²) in [5, 5.41) is 12.3. The molecule has 1 amide bonds. The molecule has 2 rings (SSSR count). The normalized spacial score (nSPS) is 10.6. The van der Waals surface area contributed by atoms with Gasteiger partial charge in [0.15, 0.2) is 0 Å². The summed E-state index contributed by atoms with van der Waals surface area (Å²) in [5.41, 5.74) is 7.56. The van der Waals surface area contributed by atoms with Gasteiger partial charge in [-0.2, -0.15) is 0 Å². The topological polar surface area (TPSA) is 79.5 Å². The molecule has 0 saturated carbocycles. The Balaban J connectivity index is 2.31. The molecule has 0 aliphatic heterocycles. The minimum Gasteiger partial charge on any atom is -0.508 e. The van der Waals surface area contributed by atoms with E-state index in [1.54, 1.807) is 28.5 Å². The van der Waals surface area contributed by atoms with Crippen molar-refractivity contribution in [2.75, 3.05) is 18.0 Å². The van der Waals surface area contributed by atoms with Crippen LogP contribution in [0.5, 0.6) is 5.75 Å². The predicted octanol–water partition coefficient (Wildman–Crippen LogP) is 2.33. The number of phenols is 1. The Kier molecular flexibility index (Phi) is 4.93. The highest BCUT2D eigenvalue weighted by Gasteiger charge is 2.20. The van der Waals surface area contributed by atoms with E-state index >= 15 is 0 Å². The number of nitrogens with zero attached hydrogens (tertiary/aromatic N) is 2. The number of aryl methyl sites for hydroxylation is 1. The molecule has 3 N–H and O–H groups in total. The van der Waals surface area contributed by atoms with Crippen molar-refractivity contribution in [1.82, 2.24) is 4.98 Å². The van der Waals surface area contributed by atoms with Crippen LogP contribution < -0.4 is 10.6 Å². The summed E-state index contributed by atoms with van der Waals surface area (Å²) in [6, 6.07) is 5.00. The van der Waals surface area contributed by atoms with Gasteiger partial charge >= 0.3 is 0 Å². The lowest BCUT2D eigenvalue weighted by molar-refractivity contribution is 0.0984. The Morgan fingerprint density at radius 2 is 2.24 bits per heavy atom. The van der Waals surface area contributed by atoms with Crippen LogP contribution in [0, 0.1) is 6.92 Å². The monoisotopic (exact) mass is 305 g/mol. The third-order valence-electron chi connectivity index (χ3n) is 3.17. The first-order valence-corrected chi connectivity index (χ1v) is 7.70. The molecular formula is C15H19N3O2S. The first kappa shape index (κ1) is 15.5. The number of rotatable bonds is 5. The molecule has 5 nitrogen and oxygen atoms in total. The zero-order chi connectivity index (χ0) is 15.4. The van der Waals surface area contributed by atoms with Crippen LogP contribution in [0.25, 0.3) is 0 Å². The Labute approximate surface area is 128 Å². The highest BCUT2D eigenvalue weighted by atomic mass is 32.1. The van der Waals surface area contributed by atoms with Crippen LogP contribution in [0.15, 0.2) is 23.6 Å². The number of anilines is 1. The number of aromatic nitrogens is 1. The lowest BCUT2D eigenvalue weighted by atomic mass is 10.1. The number of benzene rings is 1. The van der Waals surface area contributed by atoms with Crippen LogP contribution in [0.3, 0.4) is 0 Å². The van der Waals surface area contributed by atoms with E-state index in [0.717, 1.165) is 10.6 Å². The van der Waals surface area contributed by atoms with Crippen molar-refractivity contribution >= 4 is 22.9 Å². The molecule has 112 valence electrons. The van der Waals surface area contributed by atoms with Gasteiger partial charge in [0.2, 0.25) is 0 Å². The predicted molar refractivity (Wildman–Crippen MR) is 85.1 cm³/mol. The molecule has 1 aromatic carbocycles. The summed E-state index contributed by atoms with van der Waals surface area (Å²) in [6.45, 7) is 4.83. The summed E-state index contributed by atoms with van der Waals surface area (Å²) in [6.07, 6.45) is 0.676. The standard InChI is InChI=1S/C15H19N3O2S/c1-3-18(13-8-11(19)5-4-10(13)2)15(20)12-9-21-14(17-12)6-7-16/h4-5,8-9,19H,3,6-7,16H2,1-2H3. The van der Waals surface area contributed by atoms with Gasteiger partial charge in [0, 0.05) is 24.4 Å². The zero-order valence-corrected chi connectivity index (χ0v) is 13.0. The fourth-order valence-corrected chi connectivity index (χ4v) is 2.89. The average molecular weight is 305 g/mol. The fraction of sp³-hybridized carbons (Fsp3) is 0.333. The first-order valence-electron chi connectivity index (χ1n) is 6.82. The molecule has 0 aliphatic carbocycles. The third-order valence-corrected chi connectivity index (χ3v) is 4.08. The summed E-state index contributed by atoms with van der Waals surface area (Å²) >= 11 is 1.44. The van der Waals surface area contributed by atoms with Gasteiger partial charge in [-0.1, -0.05) is 6.07 Å². The molecule has 1 heterocycles. The molecule has 0 bridgehead atoms. The minimum absolute atomic E-state index is 0.143. The van der Waals surface area contributed by atoms with Crippen LogP contribution in [0.2, 0.25) is 0 Å². The van der Waals surface area contributed by atoms with Gasteiger partial charge < -0.3 is 15.7 Å². The molecular weight excluding hydrogens is 286 g/mol. The van der Waals surface area contributed by atoms with E-state index in [-0.39, 0.29) is 11.7 Å². The van der Waals surface area contributed by atoms with Crippen LogP contribution in [0.1, 0.15) is 28.0 Å². The van der Waals surface area contributed by atoms with Gasteiger partial charge in [-0.05, 0) is 32.0 Å². The van der Waals surface area contributed by atoms with Gasteiger partial charge in [-0.3, -0.25) is 4.79 Å². The number of amides is 1. The Hall–Kier alpha value is -1.92. The maximum Gasteiger partial charge on any atom is 0.277 e. The molecule has 0 radical (unpaired) electrons. The van der Waals surface area contributed by atoms with Crippen molar-refractivity contribution < 1.29 is 9.90 Å². The van der Waals surface area contributed by atoms with Crippen LogP contribution >= 0.6 is 11.3 Å². The maximum absolute atomic E-state index is 12.6. The van der Waals surface area contributed by atoms with Crippen molar-refractivity contribution in [2.24, 2.45) is 5.73 Å². The Morgan fingerprint density at radius 1 is 1.48 bits per heavy atom. The van der Waals surface area contributed by atoms with E-state index in [1.165, 1.54) is 11.3 Å². The number of phenolic OH excluding ortho intramolecular Hbond substituents is 1. The van der Waals surface area contributed by atoms with E-state index in [9.17, 15) is 9.90 Å². The van der Waals surface area contributed by atoms with Crippen molar-refractivity contribution in [3.63, 3.8) is 0 Å². The molecule has 0 unspecified atom stereocenters. The van der Waals surface area contributed by atoms with Crippen LogP contribution in [0.4, 0.5) is 5.69 Å². The van der Waals surface area contributed by atoms with E-state index in [4.69, 9.17) is 5.73 Å². The molecule has 6 heteroatoms. The SMILES string of the molecule is CCN(C(=O)c1csc(CCN)n1)c1cc(O)ccc1C. The Bertz CT molecular complexity index is 640. The Morgan fingerprint density at radius 3 is 2.90 bits per heavy atom. The second kappa shape index (κ2) is 6.69. The minimum atomic E-state index is -0.161. The number of nitrogens with two attached hydrogens (primary N) is 1. The highest BCUT2D eigenvalue weighted by Crippen LogP contribution is 2.26. The quantitative estimate of drug-likeness (QED) is 0.888. The maximum atomic E-state index is 12.6. The molecule has 0 fully saturated rings. The van der Waals surface area contributed by atoms with Crippen LogP contribution in [-0.4, -0.2) is 29.1 Å². The summed E-state index contributed by atoms with van der Waals surface area (Å²) < 4.78 is 0. The first-order chi connectivity index (χ1) is 10.1. The fourth-order valence-electron chi connectivity index (χ4n) is 2.10. The lowest BCUT2D eigenvalue weighted by Crippen LogP contribution is -2.31. The molecule has 21 heavy (non-hydrogen) atoms. The summed E-state index contributed by atoms with van der Waals surface area (Å²) in [4.78, 5) is 18.6. The van der Waals surface area contributed by atoms with E-state index in [1.807, 2.05) is 13.8 Å². The number of carbonyl (C=O) groups excluding carboxylic acids is 1. The second-order valence-electron chi connectivity index (χ2n) is 4.69. The van der Waals surface area contributed by atoms with E-state index in [0.29, 0.717) is 30.9 Å². The van der Waals surface area contributed by atoms with Gasteiger partial charge in [-0.15, -0.1) is 11.3 Å². The van der Waals surface area contributed by atoms with Crippen molar-refractivity contribution in [3.8, 4) is 5.75 Å². The third kappa shape index (κ3) is 3.40. The van der Waals surface area contributed by atoms with Crippen molar-refractivity contribution in [3.05, 3.63) is 39.8 Å². The van der Waals surface area contributed by atoms with Gasteiger partial charge in [-0.25, -0.2) is 4.98 Å². The molecule has 2 aromatic rings. The van der Waals surface area contributed by atoms with Gasteiger partial charge in [0.25, 0.3) is 5.91 Å². The van der Waals surface area contributed by atoms with E-state index < -0.39 is 0 Å². The second-order valence-corrected chi connectivity index (χ2v) is 5.63. The lowest BCUT2D eigenvalue weighted by Gasteiger charge is -2.22. The summed E-state index contributed by atoms with van der Waals surface area (Å²) in [7, 11) is 0. The number of carbonyl (C=O) groups is 1. The number of aromatic hydroxyl groups is 1. The van der Waals surface area contributed by atoms with Crippen LogP contribution in [-0.2, 0) is 6.42 Å². The zero-order valence-electron chi connectivity index (χ0n) is 12.2. The summed E-state index contributed by atoms with van der Waals surface area (Å²) in [5.74, 6) is -0.0188. The molecule has 0 aliphatic rings.